The Labute approximate surface area is 125 Å². The summed E-state index contributed by atoms with van der Waals surface area (Å²) in [7, 11) is 0. The number of carbonyl (C=O) groups excluding carboxylic acids is 1. The van der Waals surface area contributed by atoms with Crippen molar-refractivity contribution in [3.8, 4) is 0 Å². The Bertz CT molecular complexity index is 617. The number of benzene rings is 2. The highest BCUT2D eigenvalue weighted by molar-refractivity contribution is 5.83. The van der Waals surface area contributed by atoms with Crippen LogP contribution in [0.3, 0.4) is 0 Å². The first kappa shape index (κ1) is 14.1. The molecule has 1 saturated heterocycles. The van der Waals surface area contributed by atoms with Crippen LogP contribution in [-0.4, -0.2) is 25.0 Å². The molecule has 1 heterocycles. The number of nitrogens with one attached hydrogen (secondary N) is 2. The molecule has 1 atom stereocenters. The maximum Gasteiger partial charge on any atom is 0.237 e. The number of amides is 1. The highest BCUT2D eigenvalue weighted by Gasteiger charge is 2.19. The topological polar surface area (TPSA) is 41.1 Å². The van der Waals surface area contributed by atoms with Crippen molar-refractivity contribution in [2.45, 2.75) is 31.7 Å². The minimum Gasteiger partial charge on any atom is -0.354 e. The summed E-state index contributed by atoms with van der Waals surface area (Å²) in [4.78, 5) is 12.0. The molecule has 3 nitrogen and oxygen atoms in total. The third-order valence-corrected chi connectivity index (χ3v) is 4.15. The number of carbonyl (C=O) groups is 1. The van der Waals surface area contributed by atoms with Crippen molar-refractivity contribution in [1.29, 1.82) is 0 Å². The molecule has 0 radical (unpaired) electrons. The zero-order valence-corrected chi connectivity index (χ0v) is 12.3. The van der Waals surface area contributed by atoms with Crippen molar-refractivity contribution in [3.63, 3.8) is 0 Å². The Hall–Kier alpha value is -1.87. The molecule has 0 aliphatic carbocycles. The highest BCUT2D eigenvalue weighted by atomic mass is 16.2. The van der Waals surface area contributed by atoms with E-state index in [0.717, 1.165) is 25.8 Å². The van der Waals surface area contributed by atoms with Gasteiger partial charge in [0.05, 0.1) is 6.04 Å². The summed E-state index contributed by atoms with van der Waals surface area (Å²) in [6.07, 6.45) is 4.17. The van der Waals surface area contributed by atoms with Crippen LogP contribution >= 0.6 is 0 Å². The zero-order chi connectivity index (χ0) is 14.5. The van der Waals surface area contributed by atoms with E-state index < -0.39 is 0 Å². The number of piperidine rings is 1. The van der Waals surface area contributed by atoms with E-state index in [9.17, 15) is 4.79 Å². The van der Waals surface area contributed by atoms with E-state index >= 15 is 0 Å². The molecule has 2 N–H and O–H groups in total. The summed E-state index contributed by atoms with van der Waals surface area (Å²) in [5.74, 6) is 0.149. The van der Waals surface area contributed by atoms with Crippen molar-refractivity contribution in [1.82, 2.24) is 10.6 Å². The zero-order valence-electron chi connectivity index (χ0n) is 12.3. The molecule has 1 aliphatic heterocycles. The minimum atomic E-state index is 0.00959. The molecule has 1 amide bonds. The molecule has 2 aromatic rings. The molecule has 0 bridgehead atoms. The van der Waals surface area contributed by atoms with Crippen LogP contribution in [-0.2, 0) is 11.2 Å². The third kappa shape index (κ3) is 3.61. The smallest absolute Gasteiger partial charge is 0.237 e. The molecule has 21 heavy (non-hydrogen) atoms. The van der Waals surface area contributed by atoms with Crippen molar-refractivity contribution >= 4 is 16.7 Å². The van der Waals surface area contributed by atoms with Crippen molar-refractivity contribution in [3.05, 3.63) is 48.0 Å². The van der Waals surface area contributed by atoms with Crippen LogP contribution in [0.25, 0.3) is 10.8 Å². The molecular weight excluding hydrogens is 260 g/mol. The van der Waals surface area contributed by atoms with Crippen LogP contribution in [0.4, 0.5) is 0 Å². The molecule has 2 aromatic carbocycles. The summed E-state index contributed by atoms with van der Waals surface area (Å²) in [6.45, 7) is 1.66. The first-order valence-electron chi connectivity index (χ1n) is 7.82. The van der Waals surface area contributed by atoms with Gasteiger partial charge >= 0.3 is 0 Å². The second-order valence-corrected chi connectivity index (χ2v) is 5.73. The van der Waals surface area contributed by atoms with Crippen molar-refractivity contribution in [2.75, 3.05) is 13.1 Å². The molecular formula is C18H22N2O. The largest absolute Gasteiger partial charge is 0.354 e. The van der Waals surface area contributed by atoms with E-state index in [2.05, 4.69) is 53.1 Å². The monoisotopic (exact) mass is 282 g/mol. The van der Waals surface area contributed by atoms with Gasteiger partial charge < -0.3 is 10.6 Å². The lowest BCUT2D eigenvalue weighted by Gasteiger charge is -2.22. The predicted molar refractivity (Wildman–Crippen MR) is 86.3 cm³/mol. The van der Waals surface area contributed by atoms with Crippen LogP contribution in [0.2, 0.25) is 0 Å². The van der Waals surface area contributed by atoms with E-state index in [1.165, 1.54) is 22.8 Å². The fourth-order valence-corrected chi connectivity index (χ4v) is 2.92. The average molecular weight is 282 g/mol. The van der Waals surface area contributed by atoms with Crippen LogP contribution in [0, 0.1) is 0 Å². The fraction of sp³-hybridized carbons (Fsp3) is 0.389. The molecule has 1 fully saturated rings. The van der Waals surface area contributed by atoms with Gasteiger partial charge in [0, 0.05) is 6.54 Å². The number of fused-ring (bicyclic) bond motifs is 1. The van der Waals surface area contributed by atoms with Gasteiger partial charge in [0.1, 0.15) is 0 Å². The Morgan fingerprint density at radius 2 is 2.00 bits per heavy atom. The maximum atomic E-state index is 12.0. The van der Waals surface area contributed by atoms with Gasteiger partial charge in [-0.05, 0) is 42.1 Å². The molecule has 1 aliphatic rings. The second-order valence-electron chi connectivity index (χ2n) is 5.73. The first-order chi connectivity index (χ1) is 10.3. The molecule has 110 valence electrons. The van der Waals surface area contributed by atoms with Crippen LogP contribution in [0.5, 0.6) is 0 Å². The van der Waals surface area contributed by atoms with Crippen molar-refractivity contribution < 1.29 is 4.79 Å². The molecule has 3 rings (SSSR count). The van der Waals surface area contributed by atoms with Gasteiger partial charge in [0.2, 0.25) is 5.91 Å². The predicted octanol–water partition coefficient (Wildman–Crippen LogP) is 2.64. The molecule has 3 heteroatoms. The normalized spacial score (nSPS) is 18.6. The van der Waals surface area contributed by atoms with E-state index in [0.29, 0.717) is 6.54 Å². The summed E-state index contributed by atoms with van der Waals surface area (Å²) in [5, 5.41) is 8.85. The lowest BCUT2D eigenvalue weighted by molar-refractivity contribution is -0.123. The summed E-state index contributed by atoms with van der Waals surface area (Å²) >= 11 is 0. The standard InChI is InChI=1S/C18H22N2O/c21-18(17-7-3-4-11-19-17)20-12-10-14-8-9-15-5-1-2-6-16(15)13-14/h1-2,5-6,8-9,13,17,19H,3-4,7,10-12H2,(H,20,21). The van der Waals surface area contributed by atoms with Gasteiger partial charge in [-0.25, -0.2) is 0 Å². The fourth-order valence-electron chi connectivity index (χ4n) is 2.92. The summed E-state index contributed by atoms with van der Waals surface area (Å²) in [5.41, 5.74) is 1.27. The summed E-state index contributed by atoms with van der Waals surface area (Å²) in [6, 6.07) is 14.9. The highest BCUT2D eigenvalue weighted by Crippen LogP contribution is 2.15. The van der Waals surface area contributed by atoms with Gasteiger partial charge in [-0.2, -0.15) is 0 Å². The third-order valence-electron chi connectivity index (χ3n) is 4.15. The van der Waals surface area contributed by atoms with Gasteiger partial charge in [-0.3, -0.25) is 4.79 Å². The Kier molecular flexibility index (Phi) is 4.51. The number of hydrogen-bond donors (Lipinski definition) is 2. The molecule has 0 saturated carbocycles. The molecule has 1 unspecified atom stereocenters. The maximum absolute atomic E-state index is 12.0. The quantitative estimate of drug-likeness (QED) is 0.905. The first-order valence-corrected chi connectivity index (χ1v) is 7.82. The Morgan fingerprint density at radius 3 is 2.81 bits per heavy atom. The summed E-state index contributed by atoms with van der Waals surface area (Å²) < 4.78 is 0. The SMILES string of the molecule is O=C(NCCc1ccc2ccccc2c1)C1CCCCN1. The molecule has 0 spiro atoms. The molecule has 0 aromatic heterocycles. The van der Waals surface area contributed by atoms with E-state index in [4.69, 9.17) is 0 Å². The lowest BCUT2D eigenvalue weighted by Crippen LogP contribution is -2.47. The van der Waals surface area contributed by atoms with Crippen molar-refractivity contribution in [2.24, 2.45) is 0 Å². The van der Waals surface area contributed by atoms with Crippen LogP contribution in [0.1, 0.15) is 24.8 Å². The second kappa shape index (κ2) is 6.72. The van der Waals surface area contributed by atoms with Gasteiger partial charge in [-0.1, -0.05) is 48.9 Å². The average Bonchev–Trinajstić information content (AvgIpc) is 2.55. The van der Waals surface area contributed by atoms with E-state index in [1.54, 1.807) is 0 Å². The number of hydrogen-bond acceptors (Lipinski definition) is 2. The lowest BCUT2D eigenvalue weighted by atomic mass is 10.0. The Balaban J connectivity index is 1.53. The van der Waals surface area contributed by atoms with Crippen LogP contribution < -0.4 is 10.6 Å². The van der Waals surface area contributed by atoms with Gasteiger partial charge in [0.15, 0.2) is 0 Å². The number of rotatable bonds is 4. The minimum absolute atomic E-state index is 0.00959. The van der Waals surface area contributed by atoms with E-state index in [-0.39, 0.29) is 11.9 Å². The Morgan fingerprint density at radius 1 is 1.14 bits per heavy atom. The van der Waals surface area contributed by atoms with E-state index in [1.807, 2.05) is 0 Å². The van der Waals surface area contributed by atoms with Crippen LogP contribution in [0.15, 0.2) is 42.5 Å². The van der Waals surface area contributed by atoms with Gasteiger partial charge in [0.25, 0.3) is 0 Å². The van der Waals surface area contributed by atoms with Gasteiger partial charge in [-0.15, -0.1) is 0 Å².